The van der Waals surface area contributed by atoms with Crippen LogP contribution in [0.15, 0.2) is 6.20 Å². The van der Waals surface area contributed by atoms with Crippen molar-refractivity contribution in [1.82, 2.24) is 15.3 Å². The summed E-state index contributed by atoms with van der Waals surface area (Å²) in [6, 6.07) is 0. The lowest BCUT2D eigenvalue weighted by atomic mass is 9.94. The van der Waals surface area contributed by atoms with E-state index in [1.165, 1.54) is 36.9 Å². The van der Waals surface area contributed by atoms with E-state index >= 15 is 0 Å². The summed E-state index contributed by atoms with van der Waals surface area (Å²) in [6.07, 6.45) is 9.31. The fraction of sp³-hybridized carbons (Fsp3) is 0.692. The summed E-state index contributed by atoms with van der Waals surface area (Å²) in [5.74, 6) is 1.87. The molecule has 0 bridgehead atoms. The van der Waals surface area contributed by atoms with Crippen molar-refractivity contribution in [3.63, 3.8) is 0 Å². The molecule has 3 heteroatoms. The van der Waals surface area contributed by atoms with Crippen molar-refractivity contribution in [2.24, 2.45) is 5.92 Å². The zero-order chi connectivity index (χ0) is 10.8. The summed E-state index contributed by atoms with van der Waals surface area (Å²) in [4.78, 5) is 9.23. The number of nitrogens with one attached hydrogen (secondary N) is 1. The first-order chi connectivity index (χ1) is 7.92. The van der Waals surface area contributed by atoms with Crippen molar-refractivity contribution in [3.05, 3.63) is 23.3 Å². The second-order valence-electron chi connectivity index (χ2n) is 5.01. The number of hydrogen-bond donors (Lipinski definition) is 1. The summed E-state index contributed by atoms with van der Waals surface area (Å²) in [5.41, 5.74) is 2.70. The van der Waals surface area contributed by atoms with Gasteiger partial charge in [-0.2, -0.15) is 0 Å². The Morgan fingerprint density at radius 1 is 1.25 bits per heavy atom. The van der Waals surface area contributed by atoms with E-state index in [4.69, 9.17) is 4.98 Å². The minimum absolute atomic E-state index is 0.792. The van der Waals surface area contributed by atoms with Crippen molar-refractivity contribution in [1.29, 1.82) is 0 Å². The van der Waals surface area contributed by atoms with Crippen LogP contribution in [-0.2, 0) is 19.3 Å². The third-order valence-corrected chi connectivity index (χ3v) is 3.79. The van der Waals surface area contributed by atoms with E-state index in [1.807, 2.05) is 0 Å². The highest BCUT2D eigenvalue weighted by molar-refractivity contribution is 5.22. The van der Waals surface area contributed by atoms with Crippen LogP contribution in [0.5, 0.6) is 0 Å². The highest BCUT2D eigenvalue weighted by Crippen LogP contribution is 2.21. The Morgan fingerprint density at radius 2 is 2.12 bits per heavy atom. The van der Waals surface area contributed by atoms with Crippen molar-refractivity contribution in [3.8, 4) is 0 Å². The van der Waals surface area contributed by atoms with Crippen LogP contribution in [-0.4, -0.2) is 23.1 Å². The zero-order valence-electron chi connectivity index (χ0n) is 9.71. The molecule has 1 saturated heterocycles. The van der Waals surface area contributed by atoms with E-state index in [9.17, 15) is 0 Å². The molecule has 0 saturated carbocycles. The number of aromatic nitrogens is 2. The van der Waals surface area contributed by atoms with Crippen LogP contribution < -0.4 is 5.32 Å². The van der Waals surface area contributed by atoms with E-state index in [-0.39, 0.29) is 0 Å². The number of rotatable bonds is 2. The van der Waals surface area contributed by atoms with Crippen LogP contribution in [0.1, 0.15) is 36.3 Å². The molecule has 0 spiro atoms. The molecule has 3 rings (SSSR count). The topological polar surface area (TPSA) is 37.8 Å². The third-order valence-electron chi connectivity index (χ3n) is 3.79. The Morgan fingerprint density at radius 3 is 3.00 bits per heavy atom. The number of aryl methyl sites for hydroxylation is 2. The van der Waals surface area contributed by atoms with Crippen LogP contribution in [0, 0.1) is 5.92 Å². The Hall–Kier alpha value is -0.960. The molecule has 0 unspecified atom stereocenters. The van der Waals surface area contributed by atoms with E-state index in [1.54, 1.807) is 0 Å². The van der Waals surface area contributed by atoms with Gasteiger partial charge in [0.05, 0.1) is 0 Å². The lowest BCUT2D eigenvalue weighted by Gasteiger charge is -2.21. The van der Waals surface area contributed by atoms with Crippen molar-refractivity contribution < 1.29 is 0 Å². The maximum Gasteiger partial charge on any atom is 0.128 e. The first kappa shape index (κ1) is 10.2. The van der Waals surface area contributed by atoms with Crippen LogP contribution in [0.3, 0.4) is 0 Å². The monoisotopic (exact) mass is 217 g/mol. The fourth-order valence-electron chi connectivity index (χ4n) is 2.80. The Balaban J connectivity index is 1.69. The van der Waals surface area contributed by atoms with Gasteiger partial charge < -0.3 is 5.32 Å². The molecule has 1 aliphatic carbocycles. The molecular formula is C13H19N3. The summed E-state index contributed by atoms with van der Waals surface area (Å²) in [6.45, 7) is 2.32. The molecule has 16 heavy (non-hydrogen) atoms. The maximum atomic E-state index is 4.72. The smallest absolute Gasteiger partial charge is 0.128 e. The van der Waals surface area contributed by atoms with Gasteiger partial charge in [-0.15, -0.1) is 0 Å². The van der Waals surface area contributed by atoms with Crippen LogP contribution >= 0.6 is 0 Å². The van der Waals surface area contributed by atoms with Crippen molar-refractivity contribution in [2.45, 2.75) is 38.5 Å². The molecule has 0 aromatic carbocycles. The quantitative estimate of drug-likeness (QED) is 0.816. The molecule has 1 aromatic heterocycles. The molecule has 86 valence electrons. The van der Waals surface area contributed by atoms with Gasteiger partial charge in [-0.25, -0.2) is 9.97 Å². The lowest BCUT2D eigenvalue weighted by molar-refractivity contribution is 0.367. The average molecular weight is 217 g/mol. The molecular weight excluding hydrogens is 198 g/mol. The van der Waals surface area contributed by atoms with E-state index in [0.29, 0.717) is 0 Å². The van der Waals surface area contributed by atoms with Gasteiger partial charge in [0.2, 0.25) is 0 Å². The van der Waals surface area contributed by atoms with Gasteiger partial charge in [0.25, 0.3) is 0 Å². The zero-order valence-corrected chi connectivity index (χ0v) is 9.71. The molecule has 1 aromatic rings. The molecule has 3 nitrogen and oxygen atoms in total. The van der Waals surface area contributed by atoms with Crippen molar-refractivity contribution in [2.75, 3.05) is 13.1 Å². The Kier molecular flexibility index (Phi) is 2.87. The summed E-state index contributed by atoms with van der Waals surface area (Å²) in [5, 5.41) is 3.40. The lowest BCUT2D eigenvalue weighted by Crippen LogP contribution is -2.29. The highest BCUT2D eigenvalue weighted by Gasteiger charge is 2.17. The summed E-state index contributed by atoms with van der Waals surface area (Å²) in [7, 11) is 0. The van der Waals surface area contributed by atoms with Gasteiger partial charge in [0.1, 0.15) is 5.82 Å². The van der Waals surface area contributed by atoms with Crippen LogP contribution in [0.4, 0.5) is 0 Å². The largest absolute Gasteiger partial charge is 0.317 e. The highest BCUT2D eigenvalue weighted by atomic mass is 14.9. The molecule has 0 radical (unpaired) electrons. The van der Waals surface area contributed by atoms with Gasteiger partial charge in [0.15, 0.2) is 0 Å². The van der Waals surface area contributed by atoms with E-state index < -0.39 is 0 Å². The predicted octanol–water partition coefficient (Wildman–Crippen LogP) is 1.51. The van der Waals surface area contributed by atoms with Crippen LogP contribution in [0.2, 0.25) is 0 Å². The molecule has 1 aliphatic heterocycles. The molecule has 1 fully saturated rings. The molecule has 0 amide bonds. The minimum atomic E-state index is 0.792. The minimum Gasteiger partial charge on any atom is -0.317 e. The van der Waals surface area contributed by atoms with E-state index in [0.717, 1.165) is 37.7 Å². The first-order valence-corrected chi connectivity index (χ1v) is 6.46. The first-order valence-electron chi connectivity index (χ1n) is 6.46. The molecule has 1 N–H and O–H groups in total. The number of nitrogens with zero attached hydrogens (tertiary/aromatic N) is 2. The fourth-order valence-corrected chi connectivity index (χ4v) is 2.80. The number of fused-ring (bicyclic) bond motifs is 1. The van der Waals surface area contributed by atoms with Gasteiger partial charge in [-0.05, 0) is 56.7 Å². The van der Waals surface area contributed by atoms with Crippen molar-refractivity contribution >= 4 is 0 Å². The second kappa shape index (κ2) is 4.50. The number of hydrogen-bond acceptors (Lipinski definition) is 3. The van der Waals surface area contributed by atoms with Gasteiger partial charge >= 0.3 is 0 Å². The molecule has 2 aliphatic rings. The van der Waals surface area contributed by atoms with Gasteiger partial charge in [-0.1, -0.05) is 0 Å². The van der Waals surface area contributed by atoms with Crippen LogP contribution in [0.25, 0.3) is 0 Å². The summed E-state index contributed by atoms with van der Waals surface area (Å²) >= 11 is 0. The predicted molar refractivity (Wildman–Crippen MR) is 63.4 cm³/mol. The molecule has 2 heterocycles. The van der Waals surface area contributed by atoms with Gasteiger partial charge in [0, 0.05) is 18.3 Å². The SMILES string of the molecule is c1nc(CC2CCNCC2)nc2c1CCC2. The maximum absolute atomic E-state index is 4.72. The van der Waals surface area contributed by atoms with E-state index in [2.05, 4.69) is 16.5 Å². The Bertz CT molecular complexity index is 369. The second-order valence-corrected chi connectivity index (χ2v) is 5.01. The Labute approximate surface area is 96.7 Å². The van der Waals surface area contributed by atoms with Gasteiger partial charge in [-0.3, -0.25) is 0 Å². The standard InChI is InChI=1S/C13H19N3/c1-2-11-9-15-13(16-12(11)3-1)8-10-4-6-14-7-5-10/h9-10,14H,1-8H2. The summed E-state index contributed by atoms with van der Waals surface area (Å²) < 4.78 is 0. The molecule has 0 atom stereocenters. The normalized spacial score (nSPS) is 21.0. The average Bonchev–Trinajstić information content (AvgIpc) is 2.77. The third kappa shape index (κ3) is 2.09. The number of piperidine rings is 1.